The van der Waals surface area contributed by atoms with E-state index in [2.05, 4.69) is 6.58 Å². The third-order valence-electron chi connectivity index (χ3n) is 1.73. The van der Waals surface area contributed by atoms with Gasteiger partial charge in [-0.1, -0.05) is 59.9 Å². The SMILES string of the molecule is C=C[C@H](SC(=O)SC)c1ccccc1. The summed E-state index contributed by atoms with van der Waals surface area (Å²) in [5, 5.41) is 0.0659. The van der Waals surface area contributed by atoms with Crippen LogP contribution in [0.25, 0.3) is 0 Å². The summed E-state index contributed by atoms with van der Waals surface area (Å²) in [5.74, 6) is 0. The molecule has 0 aliphatic heterocycles. The summed E-state index contributed by atoms with van der Waals surface area (Å²) in [6, 6.07) is 9.91. The van der Waals surface area contributed by atoms with E-state index in [0.717, 1.165) is 5.56 Å². The molecular weight excluding hydrogens is 212 g/mol. The molecule has 0 aliphatic carbocycles. The van der Waals surface area contributed by atoms with Crippen molar-refractivity contribution in [3.63, 3.8) is 0 Å². The van der Waals surface area contributed by atoms with Gasteiger partial charge in [-0.15, -0.1) is 6.58 Å². The molecule has 0 bridgehead atoms. The van der Waals surface area contributed by atoms with Crippen molar-refractivity contribution in [1.29, 1.82) is 0 Å². The molecule has 0 heterocycles. The van der Waals surface area contributed by atoms with Crippen LogP contribution in [-0.4, -0.2) is 10.7 Å². The average Bonchev–Trinajstić information content (AvgIpc) is 2.26. The van der Waals surface area contributed by atoms with Crippen molar-refractivity contribution < 1.29 is 4.79 Å². The number of benzene rings is 1. The lowest BCUT2D eigenvalue weighted by Crippen LogP contribution is -1.92. The van der Waals surface area contributed by atoms with Gasteiger partial charge in [0.05, 0.1) is 5.25 Å². The number of carbonyl (C=O) groups is 1. The second-order valence-corrected chi connectivity index (χ2v) is 4.79. The highest BCUT2D eigenvalue weighted by atomic mass is 32.2. The summed E-state index contributed by atoms with van der Waals surface area (Å²) in [5.41, 5.74) is 1.12. The van der Waals surface area contributed by atoms with Crippen molar-refractivity contribution in [3.05, 3.63) is 48.6 Å². The molecule has 74 valence electrons. The quantitative estimate of drug-likeness (QED) is 0.719. The van der Waals surface area contributed by atoms with Crippen LogP contribution in [0.3, 0.4) is 0 Å². The van der Waals surface area contributed by atoms with Crippen LogP contribution >= 0.6 is 23.5 Å². The van der Waals surface area contributed by atoms with Gasteiger partial charge in [-0.2, -0.15) is 0 Å². The van der Waals surface area contributed by atoms with Gasteiger partial charge < -0.3 is 0 Å². The molecule has 0 fully saturated rings. The van der Waals surface area contributed by atoms with Gasteiger partial charge in [0.25, 0.3) is 0 Å². The van der Waals surface area contributed by atoms with Gasteiger partial charge in [0, 0.05) is 0 Å². The molecule has 0 spiro atoms. The topological polar surface area (TPSA) is 17.1 Å². The van der Waals surface area contributed by atoms with E-state index in [1.165, 1.54) is 23.5 Å². The summed E-state index contributed by atoms with van der Waals surface area (Å²) in [6.07, 6.45) is 3.59. The van der Waals surface area contributed by atoms with E-state index in [1.807, 2.05) is 30.3 Å². The van der Waals surface area contributed by atoms with Crippen molar-refractivity contribution in [2.75, 3.05) is 6.26 Å². The van der Waals surface area contributed by atoms with Gasteiger partial charge in [-0.25, -0.2) is 0 Å². The predicted octanol–water partition coefficient (Wildman–Crippen LogP) is 4.13. The maximum atomic E-state index is 11.2. The van der Waals surface area contributed by atoms with E-state index in [9.17, 15) is 4.79 Å². The van der Waals surface area contributed by atoms with E-state index in [-0.39, 0.29) is 9.70 Å². The number of hydrogen-bond acceptors (Lipinski definition) is 3. The number of carbonyl (C=O) groups excluding carboxylic acids is 1. The molecule has 1 nitrogen and oxygen atoms in total. The van der Waals surface area contributed by atoms with Crippen LogP contribution in [-0.2, 0) is 0 Å². The largest absolute Gasteiger partial charge is 0.274 e. The average molecular weight is 224 g/mol. The summed E-state index contributed by atoms with van der Waals surface area (Å²) in [6.45, 7) is 3.74. The summed E-state index contributed by atoms with van der Waals surface area (Å²) >= 11 is 2.54. The lowest BCUT2D eigenvalue weighted by molar-refractivity contribution is 0.276. The highest BCUT2D eigenvalue weighted by molar-refractivity contribution is 8.38. The Bertz CT molecular complexity index is 308. The molecule has 0 radical (unpaired) electrons. The zero-order valence-electron chi connectivity index (χ0n) is 7.97. The molecule has 3 heteroatoms. The van der Waals surface area contributed by atoms with Crippen molar-refractivity contribution in [2.45, 2.75) is 5.25 Å². The molecule has 0 N–H and O–H groups in total. The fourth-order valence-corrected chi connectivity index (χ4v) is 2.34. The molecule has 0 saturated carbocycles. The third kappa shape index (κ3) is 3.24. The van der Waals surface area contributed by atoms with Crippen molar-refractivity contribution >= 4 is 28.0 Å². The van der Waals surface area contributed by atoms with E-state index in [0.29, 0.717) is 0 Å². The van der Waals surface area contributed by atoms with Crippen molar-refractivity contribution in [1.82, 2.24) is 0 Å². The molecule has 1 aromatic rings. The first-order chi connectivity index (χ1) is 6.77. The van der Waals surface area contributed by atoms with Gasteiger partial charge in [0.1, 0.15) is 0 Å². The Labute approximate surface area is 93.0 Å². The maximum absolute atomic E-state index is 11.2. The van der Waals surface area contributed by atoms with Gasteiger partial charge in [0.2, 0.25) is 4.45 Å². The van der Waals surface area contributed by atoms with Gasteiger partial charge in [-0.05, 0) is 11.8 Å². The summed E-state index contributed by atoms with van der Waals surface area (Å²) in [4.78, 5) is 11.2. The summed E-state index contributed by atoms with van der Waals surface area (Å²) in [7, 11) is 0. The standard InChI is InChI=1S/C11H12OS2/c1-3-10(14-11(12)13-2)9-7-5-4-6-8-9/h3-8,10H,1H2,2H3/t10-/m0/s1. The first kappa shape index (κ1) is 11.4. The van der Waals surface area contributed by atoms with E-state index >= 15 is 0 Å². The Morgan fingerprint density at radius 1 is 1.43 bits per heavy atom. The molecule has 1 aromatic carbocycles. The van der Waals surface area contributed by atoms with E-state index < -0.39 is 0 Å². The zero-order valence-corrected chi connectivity index (χ0v) is 9.61. The first-order valence-corrected chi connectivity index (χ1v) is 6.30. The van der Waals surface area contributed by atoms with Gasteiger partial charge >= 0.3 is 0 Å². The number of thioether (sulfide) groups is 2. The van der Waals surface area contributed by atoms with Gasteiger partial charge in [-0.3, -0.25) is 4.79 Å². The molecule has 14 heavy (non-hydrogen) atoms. The van der Waals surface area contributed by atoms with Crippen LogP contribution in [0.15, 0.2) is 43.0 Å². The fraction of sp³-hybridized carbons (Fsp3) is 0.182. The van der Waals surface area contributed by atoms with Crippen LogP contribution < -0.4 is 0 Å². The fourth-order valence-electron chi connectivity index (χ4n) is 1.05. The molecule has 0 unspecified atom stereocenters. The molecule has 1 atom stereocenters. The Morgan fingerprint density at radius 2 is 2.07 bits per heavy atom. The Morgan fingerprint density at radius 3 is 2.57 bits per heavy atom. The third-order valence-corrected chi connectivity index (χ3v) is 3.77. The van der Waals surface area contributed by atoms with Crippen LogP contribution in [0.5, 0.6) is 0 Å². The minimum absolute atomic E-state index is 0.0659. The van der Waals surface area contributed by atoms with Crippen LogP contribution in [0.1, 0.15) is 10.8 Å². The lowest BCUT2D eigenvalue weighted by atomic mass is 10.1. The molecular formula is C11H12OS2. The normalized spacial score (nSPS) is 12.1. The highest BCUT2D eigenvalue weighted by Gasteiger charge is 2.11. The Kier molecular flexibility index (Phi) is 4.84. The van der Waals surface area contributed by atoms with E-state index in [1.54, 1.807) is 12.3 Å². The predicted molar refractivity (Wildman–Crippen MR) is 65.9 cm³/mol. The molecule has 0 aliphatic rings. The Balaban J connectivity index is 2.73. The summed E-state index contributed by atoms with van der Waals surface area (Å²) < 4.78 is 0.124. The van der Waals surface area contributed by atoms with Gasteiger partial charge in [0.15, 0.2) is 0 Å². The molecule has 0 saturated heterocycles. The Hall–Kier alpha value is -0.670. The van der Waals surface area contributed by atoms with Crippen LogP contribution in [0.2, 0.25) is 0 Å². The van der Waals surface area contributed by atoms with Crippen LogP contribution in [0.4, 0.5) is 4.79 Å². The van der Waals surface area contributed by atoms with Crippen molar-refractivity contribution in [3.8, 4) is 0 Å². The molecule has 1 rings (SSSR count). The molecule has 0 aromatic heterocycles. The first-order valence-electron chi connectivity index (χ1n) is 4.20. The highest BCUT2D eigenvalue weighted by Crippen LogP contribution is 2.33. The zero-order chi connectivity index (χ0) is 10.4. The number of rotatable bonds is 3. The van der Waals surface area contributed by atoms with E-state index in [4.69, 9.17) is 0 Å². The lowest BCUT2D eigenvalue weighted by Gasteiger charge is -2.09. The van der Waals surface area contributed by atoms with Crippen molar-refractivity contribution in [2.24, 2.45) is 0 Å². The maximum Gasteiger partial charge on any atom is 0.246 e. The number of hydrogen-bond donors (Lipinski definition) is 0. The second-order valence-electron chi connectivity index (χ2n) is 2.64. The minimum Gasteiger partial charge on any atom is -0.274 e. The molecule has 0 amide bonds. The monoisotopic (exact) mass is 224 g/mol. The minimum atomic E-state index is 0.0659. The van der Waals surface area contributed by atoms with Crippen LogP contribution in [0, 0.1) is 0 Å². The second kappa shape index (κ2) is 5.94. The smallest absolute Gasteiger partial charge is 0.246 e.